The number of hydrogen-bond donors (Lipinski definition) is 2. The zero-order valence-electron chi connectivity index (χ0n) is 10.00. The van der Waals surface area contributed by atoms with Gasteiger partial charge in [0.1, 0.15) is 0 Å². The SMILES string of the molecule is CCC(CCO)NCCOCCCOC. The molecule has 0 spiro atoms. The zero-order valence-corrected chi connectivity index (χ0v) is 10.00. The van der Waals surface area contributed by atoms with Crippen LogP contribution in [0.5, 0.6) is 0 Å². The minimum absolute atomic E-state index is 0.250. The lowest BCUT2D eigenvalue weighted by atomic mass is 10.1. The first-order valence-corrected chi connectivity index (χ1v) is 5.76. The molecule has 2 N–H and O–H groups in total. The molecule has 0 amide bonds. The van der Waals surface area contributed by atoms with Gasteiger partial charge in [0.2, 0.25) is 0 Å². The van der Waals surface area contributed by atoms with Crippen molar-refractivity contribution in [3.63, 3.8) is 0 Å². The first-order valence-electron chi connectivity index (χ1n) is 5.76. The van der Waals surface area contributed by atoms with Crippen LogP contribution in [-0.4, -0.2) is 51.2 Å². The van der Waals surface area contributed by atoms with Crippen molar-refractivity contribution in [3.8, 4) is 0 Å². The van der Waals surface area contributed by atoms with E-state index in [1.807, 2.05) is 0 Å². The molecule has 15 heavy (non-hydrogen) atoms. The number of nitrogens with one attached hydrogen (secondary N) is 1. The molecule has 0 heterocycles. The van der Waals surface area contributed by atoms with Crippen LogP contribution >= 0.6 is 0 Å². The number of aliphatic hydroxyl groups is 1. The molecule has 4 nitrogen and oxygen atoms in total. The first kappa shape index (κ1) is 14.8. The second-order valence-electron chi connectivity index (χ2n) is 3.53. The molecule has 1 atom stereocenters. The summed E-state index contributed by atoms with van der Waals surface area (Å²) in [7, 11) is 1.70. The molecule has 4 heteroatoms. The molecule has 0 fully saturated rings. The summed E-state index contributed by atoms with van der Waals surface area (Å²) in [5.41, 5.74) is 0. The number of aliphatic hydroxyl groups excluding tert-OH is 1. The Morgan fingerprint density at radius 1 is 1.27 bits per heavy atom. The Kier molecular flexibility index (Phi) is 11.8. The average Bonchev–Trinajstić information content (AvgIpc) is 2.26. The van der Waals surface area contributed by atoms with Crippen LogP contribution in [0.3, 0.4) is 0 Å². The van der Waals surface area contributed by atoms with E-state index in [1.165, 1.54) is 0 Å². The minimum Gasteiger partial charge on any atom is -0.396 e. The summed E-state index contributed by atoms with van der Waals surface area (Å²) >= 11 is 0. The second-order valence-corrected chi connectivity index (χ2v) is 3.53. The van der Waals surface area contributed by atoms with Gasteiger partial charge in [0.25, 0.3) is 0 Å². The van der Waals surface area contributed by atoms with Gasteiger partial charge in [0, 0.05) is 39.5 Å². The van der Waals surface area contributed by atoms with Crippen LogP contribution in [0.1, 0.15) is 26.2 Å². The molecule has 0 saturated carbocycles. The highest BCUT2D eigenvalue weighted by atomic mass is 16.5. The fourth-order valence-electron chi connectivity index (χ4n) is 1.35. The van der Waals surface area contributed by atoms with Crippen LogP contribution in [0, 0.1) is 0 Å². The van der Waals surface area contributed by atoms with Crippen LogP contribution in [-0.2, 0) is 9.47 Å². The molecule has 0 bridgehead atoms. The van der Waals surface area contributed by atoms with E-state index in [9.17, 15) is 0 Å². The molecule has 0 aliphatic carbocycles. The molecule has 1 unspecified atom stereocenters. The predicted molar refractivity (Wildman–Crippen MR) is 61.1 cm³/mol. The maximum atomic E-state index is 8.78. The van der Waals surface area contributed by atoms with Gasteiger partial charge in [-0.05, 0) is 19.3 Å². The van der Waals surface area contributed by atoms with E-state index in [0.29, 0.717) is 6.04 Å². The van der Waals surface area contributed by atoms with Crippen molar-refractivity contribution < 1.29 is 14.6 Å². The summed E-state index contributed by atoms with van der Waals surface area (Å²) in [6, 6.07) is 0.414. The summed E-state index contributed by atoms with van der Waals surface area (Å²) in [6.07, 6.45) is 2.81. The smallest absolute Gasteiger partial charge is 0.0591 e. The molecule has 0 saturated heterocycles. The maximum Gasteiger partial charge on any atom is 0.0591 e. The lowest BCUT2D eigenvalue weighted by Gasteiger charge is -2.15. The summed E-state index contributed by atoms with van der Waals surface area (Å²) in [4.78, 5) is 0. The highest BCUT2D eigenvalue weighted by molar-refractivity contribution is 4.63. The largest absolute Gasteiger partial charge is 0.396 e. The van der Waals surface area contributed by atoms with Crippen LogP contribution < -0.4 is 5.32 Å². The molecule has 92 valence electrons. The van der Waals surface area contributed by atoms with E-state index in [4.69, 9.17) is 14.6 Å². The maximum absolute atomic E-state index is 8.78. The van der Waals surface area contributed by atoms with E-state index >= 15 is 0 Å². The molecule has 0 aromatic rings. The Morgan fingerprint density at radius 3 is 2.67 bits per heavy atom. The first-order chi connectivity index (χ1) is 7.35. The third-order valence-corrected chi connectivity index (χ3v) is 2.29. The zero-order chi connectivity index (χ0) is 11.4. The van der Waals surface area contributed by atoms with Gasteiger partial charge >= 0.3 is 0 Å². The van der Waals surface area contributed by atoms with Crippen molar-refractivity contribution in [1.29, 1.82) is 0 Å². The predicted octanol–water partition coefficient (Wildman–Crippen LogP) is 0.790. The Labute approximate surface area is 93.0 Å². The van der Waals surface area contributed by atoms with Crippen LogP contribution in [0.25, 0.3) is 0 Å². The normalized spacial score (nSPS) is 13.0. The van der Waals surface area contributed by atoms with Crippen molar-refractivity contribution in [2.75, 3.05) is 40.1 Å². The van der Waals surface area contributed by atoms with Gasteiger partial charge in [-0.2, -0.15) is 0 Å². The molecule has 0 radical (unpaired) electrons. The molecule has 0 aromatic heterocycles. The number of hydrogen-bond acceptors (Lipinski definition) is 4. The Bertz CT molecular complexity index is 122. The van der Waals surface area contributed by atoms with Gasteiger partial charge in [0.05, 0.1) is 6.61 Å². The van der Waals surface area contributed by atoms with E-state index in [1.54, 1.807) is 7.11 Å². The van der Waals surface area contributed by atoms with Crippen LogP contribution in [0.4, 0.5) is 0 Å². The third-order valence-electron chi connectivity index (χ3n) is 2.29. The highest BCUT2D eigenvalue weighted by Crippen LogP contribution is 1.95. The fraction of sp³-hybridized carbons (Fsp3) is 1.00. The van der Waals surface area contributed by atoms with E-state index < -0.39 is 0 Å². The summed E-state index contributed by atoms with van der Waals surface area (Å²) in [6.45, 7) is 5.46. The lowest BCUT2D eigenvalue weighted by Crippen LogP contribution is -2.32. The Balaban J connectivity index is 3.14. The van der Waals surface area contributed by atoms with Gasteiger partial charge in [-0.3, -0.25) is 0 Å². The van der Waals surface area contributed by atoms with Gasteiger partial charge in [0.15, 0.2) is 0 Å². The van der Waals surface area contributed by atoms with Crippen LogP contribution in [0.15, 0.2) is 0 Å². The number of ether oxygens (including phenoxy) is 2. The summed E-state index contributed by atoms with van der Waals surface area (Å²) < 4.78 is 10.3. The Hall–Kier alpha value is -0.160. The van der Waals surface area contributed by atoms with Gasteiger partial charge in [-0.15, -0.1) is 0 Å². The van der Waals surface area contributed by atoms with Crippen molar-refractivity contribution in [1.82, 2.24) is 5.32 Å². The Morgan fingerprint density at radius 2 is 2.07 bits per heavy atom. The molecule has 0 aliphatic heterocycles. The number of methoxy groups -OCH3 is 1. The topological polar surface area (TPSA) is 50.7 Å². The molecule has 0 aromatic carbocycles. The lowest BCUT2D eigenvalue weighted by molar-refractivity contribution is 0.102. The van der Waals surface area contributed by atoms with E-state index in [-0.39, 0.29) is 6.61 Å². The van der Waals surface area contributed by atoms with Gasteiger partial charge in [-0.25, -0.2) is 0 Å². The number of rotatable bonds is 11. The third kappa shape index (κ3) is 10.1. The molecule has 0 aliphatic rings. The van der Waals surface area contributed by atoms with Gasteiger partial charge in [-0.1, -0.05) is 6.92 Å². The quantitative estimate of drug-likeness (QED) is 0.504. The standard InChI is InChI=1S/C11H25NO3/c1-3-11(5-7-13)12-6-10-15-9-4-8-14-2/h11-13H,3-10H2,1-2H3. The minimum atomic E-state index is 0.250. The second kappa shape index (κ2) is 11.9. The summed E-state index contributed by atoms with van der Waals surface area (Å²) in [5, 5.41) is 12.1. The molecular formula is C11H25NO3. The van der Waals surface area contributed by atoms with Crippen molar-refractivity contribution in [2.24, 2.45) is 0 Å². The van der Waals surface area contributed by atoms with Crippen molar-refractivity contribution >= 4 is 0 Å². The monoisotopic (exact) mass is 219 g/mol. The fourth-order valence-corrected chi connectivity index (χ4v) is 1.35. The molecule has 0 rings (SSSR count). The molecular weight excluding hydrogens is 194 g/mol. The van der Waals surface area contributed by atoms with Crippen molar-refractivity contribution in [3.05, 3.63) is 0 Å². The van der Waals surface area contributed by atoms with E-state index in [2.05, 4.69) is 12.2 Å². The van der Waals surface area contributed by atoms with Crippen LogP contribution in [0.2, 0.25) is 0 Å². The van der Waals surface area contributed by atoms with E-state index in [0.717, 1.165) is 45.6 Å². The highest BCUT2D eigenvalue weighted by Gasteiger charge is 2.02. The summed E-state index contributed by atoms with van der Waals surface area (Å²) in [5.74, 6) is 0. The van der Waals surface area contributed by atoms with Crippen molar-refractivity contribution in [2.45, 2.75) is 32.2 Å². The average molecular weight is 219 g/mol. The van der Waals surface area contributed by atoms with Gasteiger partial charge < -0.3 is 19.9 Å².